The van der Waals surface area contributed by atoms with E-state index < -0.39 is 37.2 Å². The molecule has 10 heteroatoms. The standard InChI is InChI=1S/C18H20F3N2O4P/c1-3-12(2)27-28(25,26)16-11-7-6-10-15(16)23-17(24)22-14-9-5-4-8-13(14)18(19,20)21/h4-12H,3H2,1-2H3,(H,25,26)(H2,22,23,24). The number of alkyl halides is 3. The van der Waals surface area contributed by atoms with E-state index in [0.29, 0.717) is 6.42 Å². The lowest BCUT2D eigenvalue weighted by Gasteiger charge is -2.20. The predicted molar refractivity (Wildman–Crippen MR) is 101 cm³/mol. The van der Waals surface area contributed by atoms with Crippen molar-refractivity contribution in [3.05, 3.63) is 54.1 Å². The Balaban J connectivity index is 2.24. The molecule has 0 heterocycles. The van der Waals surface area contributed by atoms with Crippen molar-refractivity contribution in [3.63, 3.8) is 0 Å². The molecule has 2 aromatic carbocycles. The minimum Gasteiger partial charge on any atom is -0.321 e. The zero-order chi connectivity index (χ0) is 20.9. The molecule has 0 fully saturated rings. The summed E-state index contributed by atoms with van der Waals surface area (Å²) < 4.78 is 56.8. The Bertz CT molecular complexity index is 889. The first kappa shape index (κ1) is 21.9. The number of benzene rings is 2. The molecule has 0 aliphatic carbocycles. The van der Waals surface area contributed by atoms with E-state index in [1.807, 2.05) is 0 Å². The third kappa shape index (κ3) is 5.58. The number of hydrogen-bond donors (Lipinski definition) is 3. The van der Waals surface area contributed by atoms with Gasteiger partial charge in [-0.15, -0.1) is 0 Å². The first-order valence-corrected chi connectivity index (χ1v) is 9.97. The molecule has 152 valence electrons. The Hall–Kier alpha value is -2.35. The average Bonchev–Trinajstić information content (AvgIpc) is 2.61. The van der Waals surface area contributed by atoms with Crippen LogP contribution in [0.4, 0.5) is 29.3 Å². The molecular weight excluding hydrogens is 396 g/mol. The van der Waals surface area contributed by atoms with E-state index in [1.54, 1.807) is 13.8 Å². The molecule has 0 saturated heterocycles. The highest BCUT2D eigenvalue weighted by Gasteiger charge is 2.34. The molecule has 0 aliphatic heterocycles. The lowest BCUT2D eigenvalue weighted by Crippen LogP contribution is -2.25. The van der Waals surface area contributed by atoms with Gasteiger partial charge in [-0.3, -0.25) is 4.57 Å². The molecule has 0 aromatic heterocycles. The molecule has 3 N–H and O–H groups in total. The van der Waals surface area contributed by atoms with Crippen molar-refractivity contribution in [3.8, 4) is 0 Å². The molecule has 0 bridgehead atoms. The SMILES string of the molecule is CCC(C)OP(=O)(O)c1ccccc1NC(=O)Nc1ccccc1C(F)(F)F. The average molecular weight is 416 g/mol. The van der Waals surface area contributed by atoms with Crippen molar-refractivity contribution >= 4 is 30.3 Å². The first-order chi connectivity index (χ1) is 13.0. The number of para-hydroxylation sites is 2. The molecule has 0 aliphatic rings. The lowest BCUT2D eigenvalue weighted by molar-refractivity contribution is -0.136. The molecular formula is C18H20F3N2O4P. The van der Waals surface area contributed by atoms with Crippen molar-refractivity contribution in [2.45, 2.75) is 32.5 Å². The van der Waals surface area contributed by atoms with Gasteiger partial charge in [0.1, 0.15) is 0 Å². The Morgan fingerprint density at radius 3 is 2.25 bits per heavy atom. The highest BCUT2D eigenvalue weighted by Crippen LogP contribution is 2.44. The van der Waals surface area contributed by atoms with Gasteiger partial charge in [0.2, 0.25) is 0 Å². The summed E-state index contributed by atoms with van der Waals surface area (Å²) >= 11 is 0. The molecule has 2 aromatic rings. The summed E-state index contributed by atoms with van der Waals surface area (Å²) in [5.74, 6) is 0. The van der Waals surface area contributed by atoms with E-state index in [9.17, 15) is 27.4 Å². The summed E-state index contributed by atoms with van der Waals surface area (Å²) in [6.45, 7) is 3.40. The van der Waals surface area contributed by atoms with Gasteiger partial charge in [0.25, 0.3) is 0 Å². The van der Waals surface area contributed by atoms with Crippen LogP contribution in [0.15, 0.2) is 48.5 Å². The van der Waals surface area contributed by atoms with Crippen molar-refractivity contribution in [2.75, 3.05) is 10.6 Å². The molecule has 2 amide bonds. The van der Waals surface area contributed by atoms with Crippen LogP contribution in [0.25, 0.3) is 0 Å². The van der Waals surface area contributed by atoms with E-state index >= 15 is 0 Å². The molecule has 2 unspecified atom stereocenters. The van der Waals surface area contributed by atoms with Gasteiger partial charge in [0, 0.05) is 0 Å². The smallest absolute Gasteiger partial charge is 0.321 e. The quantitative estimate of drug-likeness (QED) is 0.580. The van der Waals surface area contributed by atoms with E-state index in [2.05, 4.69) is 10.6 Å². The topological polar surface area (TPSA) is 87.7 Å². The van der Waals surface area contributed by atoms with Gasteiger partial charge in [-0.05, 0) is 37.6 Å². The van der Waals surface area contributed by atoms with E-state index in [0.717, 1.165) is 12.1 Å². The Morgan fingerprint density at radius 2 is 1.64 bits per heavy atom. The fraction of sp³-hybridized carbons (Fsp3) is 0.278. The fourth-order valence-electron chi connectivity index (χ4n) is 2.32. The number of carbonyl (C=O) groups is 1. The lowest BCUT2D eigenvalue weighted by atomic mass is 10.1. The zero-order valence-corrected chi connectivity index (χ0v) is 16.1. The van der Waals surface area contributed by atoms with Crippen molar-refractivity contribution in [2.24, 2.45) is 0 Å². The summed E-state index contributed by atoms with van der Waals surface area (Å²) in [5, 5.41) is 4.26. The van der Waals surface area contributed by atoms with Crippen LogP contribution in [0.1, 0.15) is 25.8 Å². The van der Waals surface area contributed by atoms with Gasteiger partial charge in [0.05, 0.1) is 28.3 Å². The first-order valence-electron chi connectivity index (χ1n) is 8.39. The minimum atomic E-state index is -4.65. The number of carbonyl (C=O) groups excluding carboxylic acids is 1. The highest BCUT2D eigenvalue weighted by molar-refractivity contribution is 7.61. The second kappa shape index (κ2) is 8.77. The third-order valence-electron chi connectivity index (χ3n) is 3.84. The molecule has 0 spiro atoms. The maximum atomic E-state index is 13.0. The number of hydrogen-bond acceptors (Lipinski definition) is 3. The number of urea groups is 1. The third-order valence-corrected chi connectivity index (χ3v) is 5.48. The van der Waals surface area contributed by atoms with Gasteiger partial charge >= 0.3 is 19.8 Å². The van der Waals surface area contributed by atoms with Crippen molar-refractivity contribution in [1.29, 1.82) is 0 Å². The highest BCUT2D eigenvalue weighted by atomic mass is 31.2. The molecule has 2 atom stereocenters. The summed E-state index contributed by atoms with van der Waals surface area (Å²) in [7, 11) is -4.25. The van der Waals surface area contributed by atoms with Crippen LogP contribution in [0, 0.1) is 0 Å². The maximum Gasteiger partial charge on any atom is 0.418 e. The van der Waals surface area contributed by atoms with Crippen molar-refractivity contribution < 1.29 is 31.9 Å². The molecule has 0 radical (unpaired) electrons. The van der Waals surface area contributed by atoms with Crippen LogP contribution in [0.3, 0.4) is 0 Å². The van der Waals surface area contributed by atoms with Gasteiger partial charge in [-0.1, -0.05) is 31.2 Å². The summed E-state index contributed by atoms with van der Waals surface area (Å²) in [6.07, 6.45) is -4.65. The predicted octanol–water partition coefficient (Wildman–Crippen LogP) is 4.98. The van der Waals surface area contributed by atoms with Gasteiger partial charge in [-0.25, -0.2) is 4.79 Å². The number of halogens is 3. The van der Waals surface area contributed by atoms with Gasteiger partial charge in [0.15, 0.2) is 0 Å². The maximum absolute atomic E-state index is 13.0. The Labute approximate surface area is 160 Å². The molecule has 2 rings (SSSR count). The van der Waals surface area contributed by atoms with Crippen LogP contribution in [0.5, 0.6) is 0 Å². The summed E-state index contributed by atoms with van der Waals surface area (Å²) in [4.78, 5) is 22.5. The van der Waals surface area contributed by atoms with Crippen molar-refractivity contribution in [1.82, 2.24) is 0 Å². The summed E-state index contributed by atoms with van der Waals surface area (Å²) in [6, 6.07) is 9.16. The number of amides is 2. The Morgan fingerprint density at radius 1 is 1.11 bits per heavy atom. The van der Waals surface area contributed by atoms with Gasteiger partial charge in [-0.2, -0.15) is 13.2 Å². The fourth-order valence-corrected chi connectivity index (χ4v) is 3.78. The van der Waals surface area contributed by atoms with E-state index in [-0.39, 0.29) is 11.0 Å². The second-order valence-electron chi connectivity index (χ2n) is 5.98. The van der Waals surface area contributed by atoms with Crippen LogP contribution >= 0.6 is 7.60 Å². The molecule has 0 saturated carbocycles. The Kier molecular flexibility index (Phi) is 6.87. The van der Waals surface area contributed by atoms with E-state index in [4.69, 9.17) is 4.52 Å². The monoisotopic (exact) mass is 416 g/mol. The van der Waals surface area contributed by atoms with Crippen LogP contribution in [0.2, 0.25) is 0 Å². The normalized spacial score (nSPS) is 14.8. The number of anilines is 2. The summed E-state index contributed by atoms with van der Waals surface area (Å²) in [5.41, 5.74) is -1.49. The van der Waals surface area contributed by atoms with Crippen LogP contribution in [-0.4, -0.2) is 17.0 Å². The van der Waals surface area contributed by atoms with Crippen LogP contribution < -0.4 is 15.9 Å². The van der Waals surface area contributed by atoms with E-state index in [1.165, 1.54) is 36.4 Å². The van der Waals surface area contributed by atoms with Gasteiger partial charge < -0.3 is 20.1 Å². The molecule has 6 nitrogen and oxygen atoms in total. The minimum absolute atomic E-state index is 0.0429. The number of rotatable bonds is 6. The largest absolute Gasteiger partial charge is 0.418 e. The number of nitrogens with one attached hydrogen (secondary N) is 2. The molecule has 28 heavy (non-hydrogen) atoms. The second-order valence-corrected chi connectivity index (χ2v) is 7.72. The van der Waals surface area contributed by atoms with Crippen LogP contribution in [-0.2, 0) is 15.3 Å². The zero-order valence-electron chi connectivity index (χ0n) is 15.2.